The van der Waals surface area contributed by atoms with Gasteiger partial charge < -0.3 is 21.5 Å². The van der Waals surface area contributed by atoms with Crippen LogP contribution >= 0.6 is 0 Å². The van der Waals surface area contributed by atoms with Crippen LogP contribution in [0.25, 0.3) is 0 Å². The standard InChI is InChI=1S/C11H19N3O4/c1-3-4-7(2)13-11(18)14-8(10(16)17)5-6-9(12)15/h3,7-8H,1,4-6H2,2H3,(H2,12,15)(H,16,17)(H2,13,14,18)/t7?,8-/m1/s1. The SMILES string of the molecule is C=CCC(C)NC(=O)N[C@H](CCC(N)=O)C(=O)O. The molecule has 0 heterocycles. The number of nitrogens with two attached hydrogens (primary N) is 1. The summed E-state index contributed by atoms with van der Waals surface area (Å²) in [6.07, 6.45) is 2.09. The van der Waals surface area contributed by atoms with Gasteiger partial charge >= 0.3 is 12.0 Å². The molecule has 0 fully saturated rings. The van der Waals surface area contributed by atoms with E-state index in [1.807, 2.05) is 0 Å². The Balaban J connectivity index is 4.23. The number of primary amides is 1. The fraction of sp³-hybridized carbons (Fsp3) is 0.545. The summed E-state index contributed by atoms with van der Waals surface area (Å²) in [6.45, 7) is 5.29. The Morgan fingerprint density at radius 1 is 1.39 bits per heavy atom. The number of aliphatic carboxylic acids is 1. The molecule has 0 spiro atoms. The van der Waals surface area contributed by atoms with E-state index in [1.165, 1.54) is 0 Å². The van der Waals surface area contributed by atoms with Gasteiger partial charge in [-0.25, -0.2) is 9.59 Å². The Labute approximate surface area is 105 Å². The molecule has 0 radical (unpaired) electrons. The van der Waals surface area contributed by atoms with Gasteiger partial charge in [-0.05, 0) is 19.8 Å². The monoisotopic (exact) mass is 257 g/mol. The van der Waals surface area contributed by atoms with Crippen molar-refractivity contribution in [3.05, 3.63) is 12.7 Å². The smallest absolute Gasteiger partial charge is 0.326 e. The number of carbonyl (C=O) groups excluding carboxylic acids is 2. The highest BCUT2D eigenvalue weighted by molar-refractivity contribution is 5.83. The molecule has 0 aliphatic carbocycles. The number of rotatable bonds is 8. The first-order valence-corrected chi connectivity index (χ1v) is 5.55. The Hall–Kier alpha value is -2.05. The van der Waals surface area contributed by atoms with Crippen molar-refractivity contribution in [2.24, 2.45) is 5.73 Å². The van der Waals surface area contributed by atoms with Crippen LogP contribution in [0.2, 0.25) is 0 Å². The van der Waals surface area contributed by atoms with Gasteiger partial charge in [0.05, 0.1) is 0 Å². The molecule has 0 aliphatic rings. The van der Waals surface area contributed by atoms with Gasteiger partial charge in [0.15, 0.2) is 0 Å². The third-order valence-corrected chi connectivity index (χ3v) is 2.18. The van der Waals surface area contributed by atoms with E-state index in [9.17, 15) is 14.4 Å². The third kappa shape index (κ3) is 7.26. The number of carboxylic acid groups (broad SMARTS) is 1. The first-order valence-electron chi connectivity index (χ1n) is 5.55. The number of amides is 3. The predicted octanol–water partition coefficient (Wildman–Crippen LogP) is -0.0311. The lowest BCUT2D eigenvalue weighted by Crippen LogP contribution is -2.48. The molecule has 2 atom stereocenters. The van der Waals surface area contributed by atoms with Crippen LogP contribution in [0.5, 0.6) is 0 Å². The van der Waals surface area contributed by atoms with E-state index < -0.39 is 23.9 Å². The first-order chi connectivity index (χ1) is 8.36. The highest BCUT2D eigenvalue weighted by Crippen LogP contribution is 1.98. The van der Waals surface area contributed by atoms with Gasteiger partial charge in [0.1, 0.15) is 6.04 Å². The van der Waals surface area contributed by atoms with Crippen molar-refractivity contribution in [1.29, 1.82) is 0 Å². The van der Waals surface area contributed by atoms with Crippen LogP contribution in [0.1, 0.15) is 26.2 Å². The molecule has 7 heteroatoms. The second-order valence-electron chi connectivity index (χ2n) is 3.94. The van der Waals surface area contributed by atoms with E-state index in [4.69, 9.17) is 10.8 Å². The number of carboxylic acids is 1. The van der Waals surface area contributed by atoms with Gasteiger partial charge in [0.2, 0.25) is 5.91 Å². The molecule has 1 unspecified atom stereocenters. The molecule has 0 aromatic heterocycles. The van der Waals surface area contributed by atoms with Crippen LogP contribution in [0, 0.1) is 0 Å². The van der Waals surface area contributed by atoms with Crippen molar-refractivity contribution in [1.82, 2.24) is 10.6 Å². The van der Waals surface area contributed by atoms with Crippen LogP contribution in [0.3, 0.4) is 0 Å². The molecule has 0 aliphatic heterocycles. The maximum Gasteiger partial charge on any atom is 0.326 e. The van der Waals surface area contributed by atoms with E-state index >= 15 is 0 Å². The quantitative estimate of drug-likeness (QED) is 0.456. The van der Waals surface area contributed by atoms with E-state index in [2.05, 4.69) is 17.2 Å². The molecule has 102 valence electrons. The van der Waals surface area contributed by atoms with Crippen LogP contribution in [-0.2, 0) is 9.59 Å². The van der Waals surface area contributed by atoms with Gasteiger partial charge in [-0.15, -0.1) is 6.58 Å². The van der Waals surface area contributed by atoms with Crippen LogP contribution < -0.4 is 16.4 Å². The minimum Gasteiger partial charge on any atom is -0.480 e. The number of urea groups is 1. The van der Waals surface area contributed by atoms with Crippen molar-refractivity contribution in [3.8, 4) is 0 Å². The average molecular weight is 257 g/mol. The molecule has 18 heavy (non-hydrogen) atoms. The average Bonchev–Trinajstić information content (AvgIpc) is 2.23. The van der Waals surface area contributed by atoms with Crippen molar-refractivity contribution in [2.45, 2.75) is 38.3 Å². The molecule has 5 N–H and O–H groups in total. The molecule has 0 bridgehead atoms. The zero-order chi connectivity index (χ0) is 14.1. The summed E-state index contributed by atoms with van der Waals surface area (Å²) in [4.78, 5) is 32.9. The molecular weight excluding hydrogens is 238 g/mol. The molecule has 0 aromatic carbocycles. The second-order valence-corrected chi connectivity index (χ2v) is 3.94. The molecular formula is C11H19N3O4. The van der Waals surface area contributed by atoms with E-state index in [-0.39, 0.29) is 18.9 Å². The van der Waals surface area contributed by atoms with Crippen molar-refractivity contribution < 1.29 is 19.5 Å². The molecule has 0 rings (SSSR count). The van der Waals surface area contributed by atoms with Gasteiger partial charge in [-0.2, -0.15) is 0 Å². The van der Waals surface area contributed by atoms with Gasteiger partial charge in [-0.3, -0.25) is 4.79 Å². The highest BCUT2D eigenvalue weighted by atomic mass is 16.4. The zero-order valence-corrected chi connectivity index (χ0v) is 10.3. The van der Waals surface area contributed by atoms with Crippen LogP contribution in [0.4, 0.5) is 4.79 Å². The maximum absolute atomic E-state index is 11.5. The molecule has 0 saturated heterocycles. The summed E-state index contributed by atoms with van der Waals surface area (Å²) in [6, 6.07) is -1.87. The fourth-order valence-corrected chi connectivity index (χ4v) is 1.28. The van der Waals surface area contributed by atoms with Gasteiger partial charge in [0, 0.05) is 12.5 Å². The summed E-state index contributed by atoms with van der Waals surface area (Å²) in [5, 5.41) is 13.7. The van der Waals surface area contributed by atoms with Crippen molar-refractivity contribution in [3.63, 3.8) is 0 Å². The van der Waals surface area contributed by atoms with Crippen molar-refractivity contribution in [2.75, 3.05) is 0 Å². The minimum absolute atomic E-state index is 0.0338. The van der Waals surface area contributed by atoms with E-state index in [0.717, 1.165) is 0 Å². The molecule has 0 aromatic rings. The van der Waals surface area contributed by atoms with Gasteiger partial charge in [0.25, 0.3) is 0 Å². The normalized spacial score (nSPS) is 13.2. The largest absolute Gasteiger partial charge is 0.480 e. The lowest BCUT2D eigenvalue weighted by Gasteiger charge is -2.17. The Morgan fingerprint density at radius 2 is 2.00 bits per heavy atom. The lowest BCUT2D eigenvalue weighted by atomic mass is 10.1. The van der Waals surface area contributed by atoms with E-state index in [0.29, 0.717) is 6.42 Å². The number of carbonyl (C=O) groups is 3. The maximum atomic E-state index is 11.5. The minimum atomic E-state index is -1.21. The van der Waals surface area contributed by atoms with Crippen LogP contribution in [-0.4, -0.2) is 35.1 Å². The third-order valence-electron chi connectivity index (χ3n) is 2.18. The zero-order valence-electron chi connectivity index (χ0n) is 10.3. The summed E-state index contributed by atoms with van der Waals surface area (Å²) in [5.74, 6) is -1.81. The van der Waals surface area contributed by atoms with Crippen molar-refractivity contribution >= 4 is 17.9 Å². The van der Waals surface area contributed by atoms with Gasteiger partial charge in [-0.1, -0.05) is 6.08 Å². The molecule has 0 saturated carbocycles. The fourth-order valence-electron chi connectivity index (χ4n) is 1.28. The number of hydrogen-bond donors (Lipinski definition) is 4. The summed E-state index contributed by atoms with van der Waals surface area (Å²) in [5.41, 5.74) is 4.92. The first kappa shape index (κ1) is 16.0. The number of hydrogen-bond acceptors (Lipinski definition) is 3. The Morgan fingerprint density at radius 3 is 2.44 bits per heavy atom. The Kier molecular flexibility index (Phi) is 7.18. The topological polar surface area (TPSA) is 122 Å². The predicted molar refractivity (Wildman–Crippen MR) is 65.8 cm³/mol. The summed E-state index contributed by atoms with van der Waals surface area (Å²) in [7, 11) is 0. The summed E-state index contributed by atoms with van der Waals surface area (Å²) >= 11 is 0. The molecule has 7 nitrogen and oxygen atoms in total. The highest BCUT2D eigenvalue weighted by Gasteiger charge is 2.20. The molecule has 3 amide bonds. The summed E-state index contributed by atoms with van der Waals surface area (Å²) < 4.78 is 0. The second kappa shape index (κ2) is 8.10. The lowest BCUT2D eigenvalue weighted by molar-refractivity contribution is -0.139. The number of nitrogens with one attached hydrogen (secondary N) is 2. The van der Waals surface area contributed by atoms with Crippen LogP contribution in [0.15, 0.2) is 12.7 Å². The van der Waals surface area contributed by atoms with E-state index in [1.54, 1.807) is 13.0 Å². The Bertz CT molecular complexity index is 330.